The molecule has 3 aromatic rings. The number of rotatable bonds is 4. The molecule has 0 bridgehead atoms. The zero-order valence-corrected chi connectivity index (χ0v) is 18.8. The van der Waals surface area contributed by atoms with Crippen LogP contribution in [0.2, 0.25) is 10.0 Å². The van der Waals surface area contributed by atoms with Crippen LogP contribution in [-0.2, 0) is 10.0 Å². The fourth-order valence-electron chi connectivity index (χ4n) is 3.18. The molecule has 2 heterocycles. The van der Waals surface area contributed by atoms with Crippen LogP contribution in [0.1, 0.15) is 10.5 Å². The Morgan fingerprint density at radius 3 is 2.30 bits per heavy atom. The quantitative estimate of drug-likeness (QED) is 0.557. The minimum absolute atomic E-state index is 0.0820. The maximum Gasteiger partial charge on any atom is 0.273 e. The molecule has 0 aliphatic carbocycles. The van der Waals surface area contributed by atoms with Crippen molar-refractivity contribution in [1.82, 2.24) is 14.2 Å². The number of thiazole rings is 1. The maximum atomic E-state index is 12.9. The lowest BCUT2D eigenvalue weighted by atomic mass is 10.2. The van der Waals surface area contributed by atoms with Gasteiger partial charge in [0.1, 0.15) is 15.6 Å². The predicted molar refractivity (Wildman–Crippen MR) is 119 cm³/mol. The Bertz CT molecular complexity index is 1170. The number of benzene rings is 2. The summed E-state index contributed by atoms with van der Waals surface area (Å²) >= 11 is 13.4. The van der Waals surface area contributed by atoms with Crippen LogP contribution in [-0.4, -0.2) is 54.7 Å². The fourth-order valence-corrected chi connectivity index (χ4v) is 6.02. The van der Waals surface area contributed by atoms with Crippen molar-refractivity contribution >= 4 is 50.5 Å². The Hall–Kier alpha value is -1.97. The van der Waals surface area contributed by atoms with Crippen LogP contribution in [0.3, 0.4) is 0 Å². The average Bonchev–Trinajstić information content (AvgIpc) is 3.24. The molecule has 6 nitrogen and oxygen atoms in total. The zero-order valence-electron chi connectivity index (χ0n) is 15.7. The van der Waals surface area contributed by atoms with Crippen LogP contribution in [0.5, 0.6) is 0 Å². The third kappa shape index (κ3) is 4.24. The van der Waals surface area contributed by atoms with E-state index in [4.69, 9.17) is 23.2 Å². The summed E-state index contributed by atoms with van der Waals surface area (Å²) in [7, 11) is -3.70. The molecular weight excluding hydrogens is 465 g/mol. The van der Waals surface area contributed by atoms with Crippen molar-refractivity contribution < 1.29 is 13.2 Å². The van der Waals surface area contributed by atoms with Gasteiger partial charge in [0.15, 0.2) is 0 Å². The summed E-state index contributed by atoms with van der Waals surface area (Å²) in [6.45, 7) is 0.980. The number of piperazine rings is 1. The minimum atomic E-state index is -3.70. The monoisotopic (exact) mass is 481 g/mol. The van der Waals surface area contributed by atoms with E-state index in [2.05, 4.69) is 4.98 Å². The van der Waals surface area contributed by atoms with Crippen LogP contribution in [0.4, 0.5) is 0 Å². The van der Waals surface area contributed by atoms with Gasteiger partial charge in [0, 0.05) is 42.1 Å². The molecule has 0 N–H and O–H groups in total. The van der Waals surface area contributed by atoms with Crippen molar-refractivity contribution in [3.8, 4) is 10.6 Å². The molecular formula is C20H17Cl2N3O3S2. The SMILES string of the molecule is O=C(c1csc(-c2ccc(Cl)cc2)n1)N1CCN(S(=O)(=O)c2ccccc2Cl)CC1. The molecule has 2 aromatic carbocycles. The minimum Gasteiger partial charge on any atom is -0.335 e. The second-order valence-corrected chi connectivity index (χ2v) is 10.3. The standard InChI is InChI=1S/C20H17Cl2N3O3S2/c21-15-7-5-14(6-8-15)19-23-17(13-29-19)20(26)24-9-11-25(12-10-24)30(27,28)18-4-2-1-3-16(18)22/h1-8,13H,9-12H2. The molecule has 1 aromatic heterocycles. The molecule has 30 heavy (non-hydrogen) atoms. The smallest absolute Gasteiger partial charge is 0.273 e. The highest BCUT2D eigenvalue weighted by atomic mass is 35.5. The van der Waals surface area contributed by atoms with E-state index in [0.717, 1.165) is 10.6 Å². The van der Waals surface area contributed by atoms with Crippen LogP contribution in [0.15, 0.2) is 58.8 Å². The lowest BCUT2D eigenvalue weighted by Crippen LogP contribution is -2.50. The van der Waals surface area contributed by atoms with E-state index < -0.39 is 10.0 Å². The molecule has 0 atom stereocenters. The topological polar surface area (TPSA) is 70.6 Å². The summed E-state index contributed by atoms with van der Waals surface area (Å²) < 4.78 is 27.1. The molecule has 1 aliphatic rings. The van der Waals surface area contributed by atoms with Crippen LogP contribution in [0, 0.1) is 0 Å². The van der Waals surface area contributed by atoms with E-state index in [1.165, 1.54) is 21.7 Å². The molecule has 1 amide bonds. The second kappa shape index (κ2) is 8.64. The van der Waals surface area contributed by atoms with Gasteiger partial charge in [-0.3, -0.25) is 4.79 Å². The van der Waals surface area contributed by atoms with Crippen LogP contribution in [0.25, 0.3) is 10.6 Å². The van der Waals surface area contributed by atoms with Gasteiger partial charge in [-0.2, -0.15) is 4.31 Å². The van der Waals surface area contributed by atoms with E-state index in [-0.39, 0.29) is 42.0 Å². The molecule has 1 saturated heterocycles. The van der Waals surface area contributed by atoms with Crippen molar-refractivity contribution in [3.05, 3.63) is 69.7 Å². The average molecular weight is 482 g/mol. The maximum absolute atomic E-state index is 12.9. The lowest BCUT2D eigenvalue weighted by molar-refractivity contribution is 0.0693. The highest BCUT2D eigenvalue weighted by molar-refractivity contribution is 7.89. The van der Waals surface area contributed by atoms with Gasteiger partial charge in [0.2, 0.25) is 10.0 Å². The molecule has 10 heteroatoms. The predicted octanol–water partition coefficient (Wildman–Crippen LogP) is 4.26. The number of amides is 1. The molecule has 4 rings (SSSR count). The molecule has 1 fully saturated rings. The normalized spacial score (nSPS) is 15.3. The Kier molecular flexibility index (Phi) is 6.13. The van der Waals surface area contributed by atoms with Gasteiger partial charge < -0.3 is 4.90 Å². The summed E-state index contributed by atoms with van der Waals surface area (Å²) in [5, 5.41) is 3.28. The summed E-state index contributed by atoms with van der Waals surface area (Å²) in [5.74, 6) is -0.207. The first-order valence-electron chi connectivity index (χ1n) is 9.12. The molecule has 0 saturated carbocycles. The van der Waals surface area contributed by atoms with Crippen molar-refractivity contribution in [2.75, 3.05) is 26.2 Å². The highest BCUT2D eigenvalue weighted by Crippen LogP contribution is 2.27. The Morgan fingerprint density at radius 2 is 1.63 bits per heavy atom. The van der Waals surface area contributed by atoms with Gasteiger partial charge in [-0.25, -0.2) is 13.4 Å². The number of hydrogen-bond acceptors (Lipinski definition) is 5. The van der Waals surface area contributed by atoms with E-state index in [9.17, 15) is 13.2 Å². The van der Waals surface area contributed by atoms with Gasteiger partial charge in [-0.05, 0) is 24.3 Å². The molecule has 0 radical (unpaired) electrons. The van der Waals surface area contributed by atoms with Crippen molar-refractivity contribution in [3.63, 3.8) is 0 Å². The number of halogens is 2. The Balaban J connectivity index is 1.44. The van der Waals surface area contributed by atoms with Gasteiger partial charge in [0.05, 0.1) is 5.02 Å². The first-order chi connectivity index (χ1) is 14.4. The van der Waals surface area contributed by atoms with Gasteiger partial charge >= 0.3 is 0 Å². The third-order valence-corrected chi connectivity index (χ3v) is 8.34. The van der Waals surface area contributed by atoms with Gasteiger partial charge in [0.25, 0.3) is 5.91 Å². The number of hydrogen-bond donors (Lipinski definition) is 0. The number of aromatic nitrogens is 1. The lowest BCUT2D eigenvalue weighted by Gasteiger charge is -2.33. The number of carbonyl (C=O) groups excluding carboxylic acids is 1. The summed E-state index contributed by atoms with van der Waals surface area (Å²) in [6.07, 6.45) is 0. The van der Waals surface area contributed by atoms with E-state index in [1.54, 1.807) is 40.6 Å². The van der Waals surface area contributed by atoms with Gasteiger partial charge in [-0.15, -0.1) is 11.3 Å². The third-order valence-electron chi connectivity index (χ3n) is 4.79. The van der Waals surface area contributed by atoms with Crippen molar-refractivity contribution in [1.29, 1.82) is 0 Å². The van der Waals surface area contributed by atoms with Crippen molar-refractivity contribution in [2.45, 2.75) is 4.90 Å². The van der Waals surface area contributed by atoms with Crippen LogP contribution < -0.4 is 0 Å². The van der Waals surface area contributed by atoms with Gasteiger partial charge in [-0.1, -0.05) is 47.5 Å². The van der Waals surface area contributed by atoms with Crippen molar-refractivity contribution in [2.24, 2.45) is 0 Å². The first-order valence-corrected chi connectivity index (χ1v) is 12.2. The highest BCUT2D eigenvalue weighted by Gasteiger charge is 2.32. The Morgan fingerprint density at radius 1 is 0.967 bits per heavy atom. The fraction of sp³-hybridized carbons (Fsp3) is 0.200. The summed E-state index contributed by atoms with van der Waals surface area (Å²) in [5.41, 5.74) is 1.24. The molecule has 156 valence electrons. The molecule has 0 spiro atoms. The Labute approximate surface area is 188 Å². The van der Waals surface area contributed by atoms with E-state index >= 15 is 0 Å². The number of sulfonamides is 1. The number of carbonyl (C=O) groups is 1. The van der Waals surface area contributed by atoms with E-state index in [1.807, 2.05) is 12.1 Å². The second-order valence-electron chi connectivity index (χ2n) is 6.67. The summed E-state index contributed by atoms with van der Waals surface area (Å²) in [6, 6.07) is 13.6. The molecule has 0 unspecified atom stereocenters. The number of nitrogens with zero attached hydrogens (tertiary/aromatic N) is 3. The summed E-state index contributed by atoms with van der Waals surface area (Å²) in [4.78, 5) is 19.0. The van der Waals surface area contributed by atoms with Crippen LogP contribution >= 0.6 is 34.5 Å². The first kappa shape index (κ1) is 21.3. The van der Waals surface area contributed by atoms with E-state index in [0.29, 0.717) is 10.7 Å². The molecule has 1 aliphatic heterocycles. The zero-order chi connectivity index (χ0) is 21.3. The largest absolute Gasteiger partial charge is 0.335 e.